The summed E-state index contributed by atoms with van der Waals surface area (Å²) in [4.78, 5) is 0. The van der Waals surface area contributed by atoms with Crippen LogP contribution in [0.25, 0.3) is 0 Å². The van der Waals surface area contributed by atoms with Crippen molar-refractivity contribution in [3.8, 4) is 0 Å². The molecule has 0 atom stereocenters. The Morgan fingerprint density at radius 3 is 2.23 bits per heavy atom. The highest BCUT2D eigenvalue weighted by molar-refractivity contribution is 5.19. The van der Waals surface area contributed by atoms with Gasteiger partial charge in [0.05, 0.1) is 6.04 Å². The summed E-state index contributed by atoms with van der Waals surface area (Å²) in [6.07, 6.45) is 5.22. The highest BCUT2D eigenvalue weighted by Gasteiger charge is 2.37. The van der Waals surface area contributed by atoms with Gasteiger partial charge in [0, 0.05) is 11.6 Å². The van der Waals surface area contributed by atoms with Crippen LogP contribution in [-0.4, -0.2) is 9.78 Å². The summed E-state index contributed by atoms with van der Waals surface area (Å²) < 4.78 is 41.1. The van der Waals surface area contributed by atoms with Crippen molar-refractivity contribution in [1.82, 2.24) is 9.78 Å². The summed E-state index contributed by atoms with van der Waals surface area (Å²) in [7, 11) is 0. The third-order valence-corrected chi connectivity index (χ3v) is 5.41. The lowest BCUT2D eigenvalue weighted by Gasteiger charge is -2.30. The van der Waals surface area contributed by atoms with Gasteiger partial charge in [0.2, 0.25) is 0 Å². The van der Waals surface area contributed by atoms with Gasteiger partial charge in [0.15, 0.2) is 5.69 Å². The molecule has 22 heavy (non-hydrogen) atoms. The first-order valence-corrected chi connectivity index (χ1v) is 8.62. The van der Waals surface area contributed by atoms with E-state index in [1.165, 1.54) is 12.5 Å². The van der Waals surface area contributed by atoms with Crippen molar-refractivity contribution in [3.63, 3.8) is 0 Å². The van der Waals surface area contributed by atoms with E-state index in [4.69, 9.17) is 0 Å². The molecule has 2 aliphatic rings. The van der Waals surface area contributed by atoms with Crippen LogP contribution in [0.2, 0.25) is 0 Å². The molecule has 0 bridgehead atoms. The second-order valence-corrected chi connectivity index (χ2v) is 7.15. The molecule has 0 aliphatic heterocycles. The first-order valence-electron chi connectivity index (χ1n) is 8.62. The van der Waals surface area contributed by atoms with E-state index in [1.54, 1.807) is 4.68 Å². The monoisotopic (exact) mass is 314 g/mol. The van der Waals surface area contributed by atoms with Crippen molar-refractivity contribution in [3.05, 3.63) is 17.5 Å². The Morgan fingerprint density at radius 1 is 1.00 bits per heavy atom. The Morgan fingerprint density at radius 2 is 1.64 bits per heavy atom. The number of halogens is 3. The van der Waals surface area contributed by atoms with Crippen LogP contribution in [0.1, 0.15) is 88.1 Å². The zero-order valence-electron chi connectivity index (χ0n) is 13.2. The van der Waals surface area contributed by atoms with Crippen LogP contribution < -0.4 is 0 Å². The fourth-order valence-corrected chi connectivity index (χ4v) is 4.03. The van der Waals surface area contributed by atoms with Crippen LogP contribution in [0.3, 0.4) is 0 Å². The van der Waals surface area contributed by atoms with E-state index < -0.39 is 11.9 Å². The van der Waals surface area contributed by atoms with E-state index in [1.807, 2.05) is 0 Å². The summed E-state index contributed by atoms with van der Waals surface area (Å²) in [6.45, 7) is 2.23. The van der Waals surface area contributed by atoms with E-state index >= 15 is 0 Å². The van der Waals surface area contributed by atoms with E-state index in [2.05, 4.69) is 12.0 Å². The van der Waals surface area contributed by atoms with E-state index in [-0.39, 0.29) is 12.0 Å². The van der Waals surface area contributed by atoms with Gasteiger partial charge in [-0.3, -0.25) is 4.68 Å². The molecule has 2 fully saturated rings. The van der Waals surface area contributed by atoms with Crippen molar-refractivity contribution in [2.75, 3.05) is 0 Å². The fourth-order valence-electron chi connectivity index (χ4n) is 4.03. The summed E-state index contributed by atoms with van der Waals surface area (Å²) in [5.41, 5.74) is 0.137. The molecular formula is C17H25F3N2. The zero-order valence-corrected chi connectivity index (χ0v) is 13.2. The molecule has 0 radical (unpaired) electrons. The first-order chi connectivity index (χ1) is 10.4. The zero-order chi connectivity index (χ0) is 15.7. The average Bonchev–Trinajstić information content (AvgIpc) is 2.94. The minimum atomic E-state index is -4.34. The van der Waals surface area contributed by atoms with Crippen LogP contribution in [0, 0.1) is 5.92 Å². The van der Waals surface area contributed by atoms with Crippen LogP contribution in [0.4, 0.5) is 13.2 Å². The third-order valence-electron chi connectivity index (χ3n) is 5.41. The minimum Gasteiger partial charge on any atom is -0.266 e. The Bertz CT molecular complexity index is 492. The Balaban J connectivity index is 1.90. The summed E-state index contributed by atoms with van der Waals surface area (Å²) in [6, 6.07) is 1.49. The van der Waals surface area contributed by atoms with Gasteiger partial charge in [-0.2, -0.15) is 18.3 Å². The van der Waals surface area contributed by atoms with Gasteiger partial charge in [-0.25, -0.2) is 0 Å². The van der Waals surface area contributed by atoms with Gasteiger partial charge in [0.1, 0.15) is 0 Å². The lowest BCUT2D eigenvalue weighted by atomic mass is 9.81. The second-order valence-electron chi connectivity index (χ2n) is 7.15. The van der Waals surface area contributed by atoms with Gasteiger partial charge in [0.25, 0.3) is 0 Å². The standard InChI is InChI=1S/C17H25F3N2/c1-12-7-9-13(10-8-12)15-11-16(17(18,19)20)21-22(15)14-5-3-2-4-6-14/h11-14H,2-10H2,1H3. The normalized spacial score (nSPS) is 28.0. The SMILES string of the molecule is CC1CCC(c2cc(C(F)(F)F)nn2C2CCCCC2)CC1. The molecule has 2 aliphatic carbocycles. The molecule has 1 heterocycles. The summed E-state index contributed by atoms with van der Waals surface area (Å²) in [5, 5.41) is 3.99. The highest BCUT2D eigenvalue weighted by Crippen LogP contribution is 2.40. The quantitative estimate of drug-likeness (QED) is 0.684. The van der Waals surface area contributed by atoms with Gasteiger partial charge in [-0.05, 0) is 37.7 Å². The maximum absolute atomic E-state index is 13.1. The van der Waals surface area contributed by atoms with Crippen molar-refractivity contribution >= 4 is 0 Å². The molecule has 5 heteroatoms. The fraction of sp³-hybridized carbons (Fsp3) is 0.824. The Hall–Kier alpha value is -1.00. The smallest absolute Gasteiger partial charge is 0.266 e. The lowest BCUT2D eigenvalue weighted by Crippen LogP contribution is -2.20. The number of rotatable bonds is 2. The maximum atomic E-state index is 13.1. The van der Waals surface area contributed by atoms with E-state index in [0.29, 0.717) is 5.92 Å². The van der Waals surface area contributed by atoms with Gasteiger partial charge >= 0.3 is 6.18 Å². The molecule has 124 valence electrons. The second kappa shape index (κ2) is 6.25. The van der Waals surface area contributed by atoms with Crippen molar-refractivity contribution < 1.29 is 13.2 Å². The van der Waals surface area contributed by atoms with Crippen LogP contribution in [-0.2, 0) is 6.18 Å². The Kier molecular flexibility index (Phi) is 4.51. The van der Waals surface area contributed by atoms with Gasteiger partial charge < -0.3 is 0 Å². The Labute approximate surface area is 130 Å². The third kappa shape index (κ3) is 3.33. The average molecular weight is 314 g/mol. The molecule has 0 spiro atoms. The number of alkyl halides is 3. The molecule has 0 aromatic carbocycles. The molecule has 2 nitrogen and oxygen atoms in total. The summed E-state index contributed by atoms with van der Waals surface area (Å²) >= 11 is 0. The minimum absolute atomic E-state index is 0.166. The molecule has 1 aromatic rings. The van der Waals surface area contributed by atoms with Crippen molar-refractivity contribution in [2.24, 2.45) is 5.92 Å². The topological polar surface area (TPSA) is 17.8 Å². The highest BCUT2D eigenvalue weighted by atomic mass is 19.4. The summed E-state index contributed by atoms with van der Waals surface area (Å²) in [5.74, 6) is 0.950. The molecule has 0 N–H and O–H groups in total. The predicted molar refractivity (Wildman–Crippen MR) is 79.7 cm³/mol. The predicted octanol–water partition coefficient (Wildman–Crippen LogP) is 5.70. The molecule has 1 aromatic heterocycles. The van der Waals surface area contributed by atoms with E-state index in [0.717, 1.165) is 57.1 Å². The van der Waals surface area contributed by atoms with E-state index in [9.17, 15) is 13.2 Å². The number of hydrogen-bond acceptors (Lipinski definition) is 1. The number of aromatic nitrogens is 2. The molecule has 0 saturated heterocycles. The molecule has 2 saturated carbocycles. The molecular weight excluding hydrogens is 289 g/mol. The van der Waals surface area contributed by atoms with Crippen molar-refractivity contribution in [1.29, 1.82) is 0 Å². The van der Waals surface area contributed by atoms with Gasteiger partial charge in [-0.1, -0.05) is 39.0 Å². The van der Waals surface area contributed by atoms with Crippen LogP contribution in [0.15, 0.2) is 6.07 Å². The van der Waals surface area contributed by atoms with Crippen LogP contribution in [0.5, 0.6) is 0 Å². The first kappa shape index (κ1) is 15.9. The molecule has 0 unspecified atom stereocenters. The van der Waals surface area contributed by atoms with Gasteiger partial charge in [-0.15, -0.1) is 0 Å². The van der Waals surface area contributed by atoms with Crippen molar-refractivity contribution in [2.45, 2.75) is 82.8 Å². The lowest BCUT2D eigenvalue weighted by molar-refractivity contribution is -0.141. The maximum Gasteiger partial charge on any atom is 0.435 e. The largest absolute Gasteiger partial charge is 0.435 e. The van der Waals surface area contributed by atoms with Crippen LogP contribution >= 0.6 is 0 Å². The number of nitrogens with zero attached hydrogens (tertiary/aromatic N) is 2. The number of hydrogen-bond donors (Lipinski definition) is 0. The molecule has 0 amide bonds. The molecule has 3 rings (SSSR count).